The second-order valence-corrected chi connectivity index (χ2v) is 12.3. The molecule has 6 rings (SSSR count). The first-order valence-electron chi connectivity index (χ1n) is 12.9. The Morgan fingerprint density at radius 3 is 1.26 bits per heavy atom. The van der Waals surface area contributed by atoms with Crippen LogP contribution in [0.2, 0.25) is 0 Å². The van der Waals surface area contributed by atoms with Crippen molar-refractivity contribution in [2.24, 2.45) is 0 Å². The van der Waals surface area contributed by atoms with Crippen LogP contribution < -0.4 is 0 Å². The molecular weight excluding hydrogens is 650 g/mol. The fraction of sp³-hybridized carbons (Fsp3) is 0. The molecule has 46 heavy (non-hydrogen) atoms. The number of nitrogens with zero attached hydrogens (tertiary/aromatic N) is 6. The van der Waals surface area contributed by atoms with Crippen LogP contribution in [0.3, 0.4) is 0 Å². The van der Waals surface area contributed by atoms with Crippen LogP contribution >= 0.6 is 0 Å². The van der Waals surface area contributed by atoms with Gasteiger partial charge >= 0.3 is 59.1 Å². The van der Waals surface area contributed by atoms with E-state index in [1.54, 1.807) is 12.1 Å². The van der Waals surface area contributed by atoms with Gasteiger partial charge in [0.2, 0.25) is 0 Å². The fourth-order valence-corrected chi connectivity index (χ4v) is 5.86. The van der Waals surface area contributed by atoms with E-state index < -0.39 is 30.0 Å². The minimum atomic E-state index is -4.72. The molecule has 0 aliphatic heterocycles. The van der Waals surface area contributed by atoms with Crippen molar-refractivity contribution < 1.29 is 25.9 Å². The molecule has 6 aromatic rings. The molecule has 16 heteroatoms. The fourth-order valence-electron chi connectivity index (χ4n) is 4.45. The van der Waals surface area contributed by atoms with Gasteiger partial charge in [-0.25, -0.2) is 0 Å². The molecule has 224 valence electrons. The normalized spacial score (nSPS) is 11.6. The summed E-state index contributed by atoms with van der Waals surface area (Å²) in [5, 5.41) is 17.2. The summed E-state index contributed by atoms with van der Waals surface area (Å²) in [5.74, 6) is 0. The SMILES string of the molecule is O=S(=O)(O)c1cc(-n2ncc(-c3ccccc3)n2)ccc1/C=C/c1ccc(-n2ncc(-c3ccccc3)n2)cc1S(=O)(=O)O.[NaH].[NaH]. The molecule has 2 heterocycles. The van der Waals surface area contributed by atoms with Crippen LogP contribution in [0.25, 0.3) is 46.0 Å². The third kappa shape index (κ3) is 7.98. The summed E-state index contributed by atoms with van der Waals surface area (Å²) in [6, 6.07) is 26.9. The van der Waals surface area contributed by atoms with E-state index in [0.29, 0.717) is 11.4 Å². The van der Waals surface area contributed by atoms with Crippen molar-refractivity contribution in [3.05, 3.63) is 121 Å². The quantitative estimate of drug-likeness (QED) is 0.138. The van der Waals surface area contributed by atoms with Crippen molar-refractivity contribution in [2.45, 2.75) is 9.79 Å². The Labute approximate surface area is 308 Å². The van der Waals surface area contributed by atoms with Gasteiger partial charge in [0.1, 0.15) is 21.2 Å². The number of rotatable bonds is 8. The Morgan fingerprint density at radius 1 is 0.543 bits per heavy atom. The van der Waals surface area contributed by atoms with E-state index in [-0.39, 0.29) is 81.6 Å². The zero-order valence-corrected chi connectivity index (χ0v) is 24.2. The number of benzene rings is 4. The van der Waals surface area contributed by atoms with Gasteiger partial charge in [-0.2, -0.15) is 36.6 Å². The summed E-state index contributed by atoms with van der Waals surface area (Å²) >= 11 is 0. The molecular formula is C30H24N6Na2O6S2. The zero-order valence-electron chi connectivity index (χ0n) is 22.6. The van der Waals surface area contributed by atoms with Crippen molar-refractivity contribution in [1.29, 1.82) is 0 Å². The minimum absolute atomic E-state index is 0. The summed E-state index contributed by atoms with van der Waals surface area (Å²) in [7, 11) is -9.45. The first-order chi connectivity index (χ1) is 21.1. The van der Waals surface area contributed by atoms with Crippen molar-refractivity contribution in [2.75, 3.05) is 0 Å². The molecule has 0 aliphatic rings. The average Bonchev–Trinajstić information content (AvgIpc) is 3.71. The average molecular weight is 675 g/mol. The summed E-state index contributed by atoms with van der Waals surface area (Å²) in [6.45, 7) is 0. The molecule has 12 nitrogen and oxygen atoms in total. The van der Waals surface area contributed by atoms with Gasteiger partial charge in [0.25, 0.3) is 20.2 Å². The monoisotopic (exact) mass is 674 g/mol. The first kappa shape index (κ1) is 35.6. The number of aromatic nitrogens is 6. The van der Waals surface area contributed by atoms with E-state index in [1.165, 1.54) is 58.4 Å². The van der Waals surface area contributed by atoms with E-state index in [9.17, 15) is 25.9 Å². The maximum absolute atomic E-state index is 12.3. The Kier molecular flexibility index (Phi) is 11.3. The predicted molar refractivity (Wildman–Crippen MR) is 176 cm³/mol. The van der Waals surface area contributed by atoms with Gasteiger partial charge in [0.15, 0.2) is 0 Å². The third-order valence-corrected chi connectivity index (χ3v) is 8.40. The van der Waals surface area contributed by atoms with Crippen molar-refractivity contribution >= 4 is 91.5 Å². The predicted octanol–water partition coefficient (Wildman–Crippen LogP) is 3.55. The second-order valence-electron chi connectivity index (χ2n) is 9.50. The van der Waals surface area contributed by atoms with Crippen molar-refractivity contribution in [3.63, 3.8) is 0 Å². The van der Waals surface area contributed by atoms with E-state index >= 15 is 0 Å². The van der Waals surface area contributed by atoms with E-state index in [4.69, 9.17) is 0 Å². The molecule has 0 spiro atoms. The molecule has 0 amide bonds. The summed E-state index contributed by atoms with van der Waals surface area (Å²) < 4.78 is 69.3. The van der Waals surface area contributed by atoms with Crippen LogP contribution in [0.15, 0.2) is 119 Å². The molecule has 2 aromatic heterocycles. The zero-order chi connectivity index (χ0) is 30.9. The Balaban J connectivity index is 0.00000240. The van der Waals surface area contributed by atoms with Gasteiger partial charge in [0, 0.05) is 11.1 Å². The number of hydrogen-bond acceptors (Lipinski definition) is 8. The van der Waals surface area contributed by atoms with E-state index in [2.05, 4.69) is 20.4 Å². The summed E-state index contributed by atoms with van der Waals surface area (Å²) in [5.41, 5.74) is 3.39. The number of hydrogen-bond donors (Lipinski definition) is 2. The van der Waals surface area contributed by atoms with Crippen LogP contribution in [-0.2, 0) is 20.2 Å². The second kappa shape index (κ2) is 14.6. The molecule has 0 aliphatic carbocycles. The molecule has 0 bridgehead atoms. The van der Waals surface area contributed by atoms with E-state index in [1.807, 2.05) is 60.7 Å². The maximum atomic E-state index is 12.3. The van der Waals surface area contributed by atoms with Crippen LogP contribution in [0, 0.1) is 0 Å². The van der Waals surface area contributed by atoms with Crippen LogP contribution in [0.4, 0.5) is 0 Å². The molecule has 0 saturated carbocycles. The van der Waals surface area contributed by atoms with Gasteiger partial charge in [-0.15, -0.1) is 10.2 Å². The topological polar surface area (TPSA) is 170 Å². The molecule has 0 saturated heterocycles. The molecule has 2 N–H and O–H groups in total. The molecule has 0 fully saturated rings. The molecule has 0 unspecified atom stereocenters. The van der Waals surface area contributed by atoms with Crippen LogP contribution in [-0.4, -0.2) is 115 Å². The standard InChI is InChI=1S/C30H22N6O6S2.2Na.2H/c37-43(38,39)29-17-25(35-31-19-27(33-35)21-7-3-1-4-8-21)15-13-23(29)11-12-24-14-16-26(18-30(24)44(40,41)42)36-32-20-28(34-36)22-9-5-2-6-10-22;;;;/h1-20H,(H,37,38,39)(H,40,41,42);;;;/b12-11+;;;;. The van der Waals surface area contributed by atoms with Crippen LogP contribution in [0.5, 0.6) is 0 Å². The third-order valence-electron chi connectivity index (χ3n) is 6.58. The van der Waals surface area contributed by atoms with Gasteiger partial charge in [-0.3, -0.25) is 9.11 Å². The molecule has 0 radical (unpaired) electrons. The van der Waals surface area contributed by atoms with Crippen molar-refractivity contribution in [3.8, 4) is 33.9 Å². The summed E-state index contributed by atoms with van der Waals surface area (Å²) in [4.78, 5) is 1.55. The van der Waals surface area contributed by atoms with Gasteiger partial charge < -0.3 is 0 Å². The van der Waals surface area contributed by atoms with Gasteiger partial charge in [0.05, 0.1) is 23.8 Å². The Hall–Kier alpha value is -3.28. The first-order valence-corrected chi connectivity index (χ1v) is 15.8. The summed E-state index contributed by atoms with van der Waals surface area (Å²) in [6.07, 6.45) is 5.67. The van der Waals surface area contributed by atoms with Gasteiger partial charge in [-0.1, -0.05) is 84.9 Å². The van der Waals surface area contributed by atoms with Crippen LogP contribution in [0.1, 0.15) is 11.1 Å². The molecule has 4 aromatic carbocycles. The molecule has 0 atom stereocenters. The Bertz CT molecular complexity index is 2080. The Morgan fingerprint density at radius 2 is 0.913 bits per heavy atom. The van der Waals surface area contributed by atoms with Crippen molar-refractivity contribution in [1.82, 2.24) is 30.0 Å². The van der Waals surface area contributed by atoms with Gasteiger partial charge in [-0.05, 0) is 35.4 Å². The van der Waals surface area contributed by atoms with E-state index in [0.717, 1.165) is 11.1 Å².